The zero-order valence-corrected chi connectivity index (χ0v) is 13.1. The molecule has 1 aromatic carbocycles. The third-order valence-corrected chi connectivity index (χ3v) is 3.84. The summed E-state index contributed by atoms with van der Waals surface area (Å²) in [7, 11) is 3.15. The first-order valence-corrected chi connectivity index (χ1v) is 7.43. The Morgan fingerprint density at radius 1 is 1.10 bits per heavy atom. The molecule has 1 amide bonds. The fourth-order valence-corrected chi connectivity index (χ4v) is 2.71. The van der Waals surface area contributed by atoms with Gasteiger partial charge >= 0.3 is 0 Å². The highest BCUT2D eigenvalue weighted by atomic mass is 16.5. The summed E-state index contributed by atoms with van der Waals surface area (Å²) in [5.74, 6) is 1.12. The monoisotopic (exact) mass is 292 g/mol. The number of hydrogen-bond donors (Lipinski definition) is 0. The molecular formula is C16H24N2O3. The van der Waals surface area contributed by atoms with E-state index in [-0.39, 0.29) is 5.91 Å². The molecule has 0 aromatic heterocycles. The standard InChI is InChI=1S/C16H24N2O3/c1-4-8-17-9-11-18(12-10-17)16(19)15-13(20-2)6-5-7-14(15)21-3/h5-7H,4,8-12H2,1-3H3. The van der Waals surface area contributed by atoms with Gasteiger partial charge in [-0.1, -0.05) is 13.0 Å². The van der Waals surface area contributed by atoms with Gasteiger partial charge < -0.3 is 14.4 Å². The van der Waals surface area contributed by atoms with Gasteiger partial charge in [0.2, 0.25) is 0 Å². The van der Waals surface area contributed by atoms with Crippen molar-refractivity contribution < 1.29 is 14.3 Å². The third-order valence-electron chi connectivity index (χ3n) is 3.84. The number of carbonyl (C=O) groups is 1. The minimum Gasteiger partial charge on any atom is -0.496 e. The lowest BCUT2D eigenvalue weighted by atomic mass is 10.1. The van der Waals surface area contributed by atoms with Crippen LogP contribution in [0.2, 0.25) is 0 Å². The Morgan fingerprint density at radius 3 is 2.14 bits per heavy atom. The van der Waals surface area contributed by atoms with Gasteiger partial charge in [0, 0.05) is 26.2 Å². The van der Waals surface area contributed by atoms with Crippen LogP contribution in [0.25, 0.3) is 0 Å². The molecule has 0 aliphatic carbocycles. The van der Waals surface area contributed by atoms with E-state index < -0.39 is 0 Å². The summed E-state index contributed by atoms with van der Waals surface area (Å²) in [5.41, 5.74) is 0.520. The fraction of sp³-hybridized carbons (Fsp3) is 0.562. The molecule has 1 aliphatic rings. The van der Waals surface area contributed by atoms with E-state index in [1.807, 2.05) is 11.0 Å². The summed E-state index contributed by atoms with van der Waals surface area (Å²) in [6, 6.07) is 5.42. The highest BCUT2D eigenvalue weighted by Gasteiger charge is 2.26. The molecule has 0 unspecified atom stereocenters. The van der Waals surface area contributed by atoms with Crippen molar-refractivity contribution in [2.75, 3.05) is 46.9 Å². The third kappa shape index (κ3) is 3.47. The second kappa shape index (κ2) is 7.31. The van der Waals surface area contributed by atoms with Crippen LogP contribution in [0.4, 0.5) is 0 Å². The van der Waals surface area contributed by atoms with Crippen LogP contribution in [0, 0.1) is 0 Å². The van der Waals surface area contributed by atoms with Gasteiger partial charge in [0.25, 0.3) is 5.91 Å². The smallest absolute Gasteiger partial charge is 0.261 e. The Kier molecular flexibility index (Phi) is 5.44. The summed E-state index contributed by atoms with van der Waals surface area (Å²) < 4.78 is 10.6. The van der Waals surface area contributed by atoms with E-state index in [1.165, 1.54) is 0 Å². The number of methoxy groups -OCH3 is 2. The minimum absolute atomic E-state index is 0.0135. The molecule has 21 heavy (non-hydrogen) atoms. The Morgan fingerprint density at radius 2 is 1.67 bits per heavy atom. The van der Waals surface area contributed by atoms with Crippen molar-refractivity contribution in [3.63, 3.8) is 0 Å². The normalized spacial score (nSPS) is 15.9. The average molecular weight is 292 g/mol. The van der Waals surface area contributed by atoms with Crippen LogP contribution in [0.5, 0.6) is 11.5 Å². The number of ether oxygens (including phenoxy) is 2. The summed E-state index contributed by atoms with van der Waals surface area (Å²) in [6.07, 6.45) is 1.15. The number of nitrogens with zero attached hydrogens (tertiary/aromatic N) is 2. The van der Waals surface area contributed by atoms with E-state index in [0.29, 0.717) is 17.1 Å². The van der Waals surface area contributed by atoms with Crippen molar-refractivity contribution in [3.8, 4) is 11.5 Å². The Labute approximate surface area is 126 Å². The Balaban J connectivity index is 2.14. The fourth-order valence-electron chi connectivity index (χ4n) is 2.71. The van der Waals surface area contributed by atoms with Crippen LogP contribution >= 0.6 is 0 Å². The molecule has 1 heterocycles. The van der Waals surface area contributed by atoms with Gasteiger partial charge in [-0.2, -0.15) is 0 Å². The van der Waals surface area contributed by atoms with Gasteiger partial charge in [-0.3, -0.25) is 9.69 Å². The van der Waals surface area contributed by atoms with E-state index in [1.54, 1.807) is 26.4 Å². The number of hydrogen-bond acceptors (Lipinski definition) is 4. The molecule has 1 aliphatic heterocycles. The van der Waals surface area contributed by atoms with Gasteiger partial charge in [-0.15, -0.1) is 0 Å². The quantitative estimate of drug-likeness (QED) is 0.831. The van der Waals surface area contributed by atoms with Crippen LogP contribution in [0.15, 0.2) is 18.2 Å². The maximum atomic E-state index is 12.8. The number of benzene rings is 1. The lowest BCUT2D eigenvalue weighted by Gasteiger charge is -2.35. The van der Waals surface area contributed by atoms with Crippen LogP contribution in [-0.2, 0) is 0 Å². The molecule has 0 bridgehead atoms. The topological polar surface area (TPSA) is 42.0 Å². The summed E-state index contributed by atoms with van der Waals surface area (Å²) in [6.45, 7) is 6.63. The van der Waals surface area contributed by atoms with Gasteiger partial charge in [0.05, 0.1) is 14.2 Å². The first-order chi connectivity index (χ1) is 10.2. The molecular weight excluding hydrogens is 268 g/mol. The van der Waals surface area contributed by atoms with Gasteiger partial charge in [-0.05, 0) is 25.1 Å². The molecule has 1 aromatic rings. The Hall–Kier alpha value is -1.75. The average Bonchev–Trinajstić information content (AvgIpc) is 2.54. The van der Waals surface area contributed by atoms with Crippen molar-refractivity contribution in [2.24, 2.45) is 0 Å². The SMILES string of the molecule is CCCN1CCN(C(=O)c2c(OC)cccc2OC)CC1. The molecule has 5 heteroatoms. The number of rotatable bonds is 5. The lowest BCUT2D eigenvalue weighted by Crippen LogP contribution is -2.48. The van der Waals surface area contributed by atoms with Crippen molar-refractivity contribution in [1.82, 2.24) is 9.80 Å². The predicted octanol–water partition coefficient (Wildman–Crippen LogP) is 1.87. The second-order valence-corrected chi connectivity index (χ2v) is 5.17. The van der Waals surface area contributed by atoms with Crippen LogP contribution in [-0.4, -0.2) is 62.7 Å². The van der Waals surface area contributed by atoms with E-state index in [9.17, 15) is 4.79 Å². The zero-order valence-electron chi connectivity index (χ0n) is 13.1. The maximum absolute atomic E-state index is 12.8. The van der Waals surface area contributed by atoms with Gasteiger partial charge in [0.15, 0.2) is 0 Å². The molecule has 0 saturated carbocycles. The first kappa shape index (κ1) is 15.6. The van der Waals surface area contributed by atoms with E-state index in [2.05, 4.69) is 11.8 Å². The summed E-state index contributed by atoms with van der Waals surface area (Å²) in [5, 5.41) is 0. The molecule has 1 saturated heterocycles. The zero-order chi connectivity index (χ0) is 15.2. The van der Waals surface area contributed by atoms with Gasteiger partial charge in [0.1, 0.15) is 17.1 Å². The second-order valence-electron chi connectivity index (χ2n) is 5.17. The van der Waals surface area contributed by atoms with Crippen molar-refractivity contribution in [1.29, 1.82) is 0 Å². The number of carbonyl (C=O) groups excluding carboxylic acids is 1. The summed E-state index contributed by atoms with van der Waals surface area (Å²) >= 11 is 0. The van der Waals surface area contributed by atoms with Crippen LogP contribution < -0.4 is 9.47 Å². The molecule has 5 nitrogen and oxygen atoms in total. The minimum atomic E-state index is -0.0135. The molecule has 116 valence electrons. The summed E-state index contributed by atoms with van der Waals surface area (Å²) in [4.78, 5) is 17.0. The highest BCUT2D eigenvalue weighted by Crippen LogP contribution is 2.29. The van der Waals surface area contributed by atoms with Gasteiger partial charge in [-0.25, -0.2) is 0 Å². The van der Waals surface area contributed by atoms with Crippen molar-refractivity contribution in [2.45, 2.75) is 13.3 Å². The largest absolute Gasteiger partial charge is 0.496 e. The van der Waals surface area contributed by atoms with E-state index >= 15 is 0 Å². The molecule has 0 atom stereocenters. The number of amides is 1. The molecule has 0 spiro atoms. The highest BCUT2D eigenvalue weighted by molar-refractivity contribution is 5.99. The molecule has 0 radical (unpaired) electrons. The van der Waals surface area contributed by atoms with Crippen LogP contribution in [0.1, 0.15) is 23.7 Å². The lowest BCUT2D eigenvalue weighted by molar-refractivity contribution is 0.0631. The van der Waals surface area contributed by atoms with Crippen LogP contribution in [0.3, 0.4) is 0 Å². The molecule has 1 fully saturated rings. The maximum Gasteiger partial charge on any atom is 0.261 e. The van der Waals surface area contributed by atoms with E-state index in [0.717, 1.165) is 39.1 Å². The van der Waals surface area contributed by atoms with Crippen molar-refractivity contribution >= 4 is 5.91 Å². The van der Waals surface area contributed by atoms with Crippen molar-refractivity contribution in [3.05, 3.63) is 23.8 Å². The first-order valence-electron chi connectivity index (χ1n) is 7.43. The molecule has 2 rings (SSSR count). The molecule has 0 N–H and O–H groups in total. The predicted molar refractivity (Wildman–Crippen MR) is 82.2 cm³/mol. The Bertz CT molecular complexity index is 460. The van der Waals surface area contributed by atoms with E-state index in [4.69, 9.17) is 9.47 Å². The number of piperazine rings is 1.